The number of rotatable bonds is 10. The van der Waals surface area contributed by atoms with E-state index < -0.39 is 8.32 Å². The number of ether oxygens (including phenoxy) is 3. The van der Waals surface area contributed by atoms with Crippen LogP contribution in [-0.4, -0.2) is 41.4 Å². The van der Waals surface area contributed by atoms with Crippen molar-refractivity contribution in [1.29, 1.82) is 0 Å². The fraction of sp³-hybridized carbons (Fsp3) is 0.667. The summed E-state index contributed by atoms with van der Waals surface area (Å²) in [5, 5.41) is 0.168. The molecule has 2 unspecified atom stereocenters. The van der Waals surface area contributed by atoms with Crippen LogP contribution >= 0.6 is 0 Å². The molecule has 0 amide bonds. The van der Waals surface area contributed by atoms with Crippen molar-refractivity contribution in [2.45, 2.75) is 70.7 Å². The number of hydrogen-bond acceptors (Lipinski definition) is 5. The van der Waals surface area contributed by atoms with E-state index >= 15 is 0 Å². The van der Waals surface area contributed by atoms with Gasteiger partial charge in [-0.2, -0.15) is 0 Å². The minimum atomic E-state index is -1.82. The van der Waals surface area contributed by atoms with Crippen LogP contribution in [0.4, 0.5) is 0 Å². The lowest BCUT2D eigenvalue weighted by atomic mass is 9.93. The van der Waals surface area contributed by atoms with Crippen LogP contribution in [0, 0.1) is 0 Å². The molecule has 1 aromatic carbocycles. The van der Waals surface area contributed by atoms with Crippen LogP contribution in [0.1, 0.15) is 52.0 Å². The number of hydrogen-bond donors (Lipinski definition) is 0. The number of carbonyl (C=O) groups excluding carboxylic acids is 1. The molecule has 0 saturated heterocycles. The summed E-state index contributed by atoms with van der Waals surface area (Å²) >= 11 is 0. The van der Waals surface area contributed by atoms with Crippen molar-refractivity contribution in [3.63, 3.8) is 0 Å². The first-order valence-electron chi connectivity index (χ1n) is 9.49. The van der Waals surface area contributed by atoms with E-state index in [1.165, 1.54) is 7.11 Å². The highest BCUT2D eigenvalue weighted by Crippen LogP contribution is 2.38. The van der Waals surface area contributed by atoms with E-state index in [1.807, 2.05) is 24.3 Å². The van der Waals surface area contributed by atoms with E-state index in [-0.39, 0.29) is 29.8 Å². The van der Waals surface area contributed by atoms with Gasteiger partial charge in [0.2, 0.25) is 0 Å². The standard InChI is InChI=1S/C21H36O5Si/c1-16(26-27(7,8)21(2,3)4)9-14-19(20(22)24-6)17-10-12-18(13-11-17)25-15-23-5/h10-13,16,19H,9,14-15H2,1-8H3. The van der Waals surface area contributed by atoms with Gasteiger partial charge in [-0.05, 0) is 55.6 Å². The summed E-state index contributed by atoms with van der Waals surface area (Å²) in [4.78, 5) is 12.3. The molecule has 27 heavy (non-hydrogen) atoms. The zero-order valence-corrected chi connectivity index (χ0v) is 19.1. The summed E-state index contributed by atoms with van der Waals surface area (Å²) in [5.41, 5.74) is 0.922. The van der Waals surface area contributed by atoms with Crippen molar-refractivity contribution in [1.82, 2.24) is 0 Å². The molecule has 0 bridgehead atoms. The van der Waals surface area contributed by atoms with E-state index in [0.717, 1.165) is 12.0 Å². The summed E-state index contributed by atoms with van der Waals surface area (Å²) in [5.74, 6) is 0.177. The Bertz CT molecular complexity index is 577. The van der Waals surface area contributed by atoms with Gasteiger partial charge in [-0.3, -0.25) is 4.79 Å². The molecule has 5 nitrogen and oxygen atoms in total. The van der Waals surface area contributed by atoms with Crippen molar-refractivity contribution < 1.29 is 23.4 Å². The molecule has 0 aliphatic carbocycles. The van der Waals surface area contributed by atoms with Gasteiger partial charge in [-0.25, -0.2) is 0 Å². The van der Waals surface area contributed by atoms with Crippen molar-refractivity contribution in [3.05, 3.63) is 29.8 Å². The maximum atomic E-state index is 12.3. The lowest BCUT2D eigenvalue weighted by Gasteiger charge is -2.38. The monoisotopic (exact) mass is 396 g/mol. The lowest BCUT2D eigenvalue weighted by Crippen LogP contribution is -2.43. The summed E-state index contributed by atoms with van der Waals surface area (Å²) < 4.78 is 21.8. The number of benzene rings is 1. The van der Waals surface area contributed by atoms with Gasteiger partial charge < -0.3 is 18.6 Å². The molecule has 0 aliphatic heterocycles. The fourth-order valence-corrected chi connectivity index (χ4v) is 4.10. The van der Waals surface area contributed by atoms with Gasteiger partial charge in [0.05, 0.1) is 13.0 Å². The molecule has 0 spiro atoms. The second-order valence-electron chi connectivity index (χ2n) is 8.46. The van der Waals surface area contributed by atoms with Gasteiger partial charge in [-0.1, -0.05) is 32.9 Å². The molecule has 0 N–H and O–H groups in total. The molecule has 0 aromatic heterocycles. The van der Waals surface area contributed by atoms with E-state index in [0.29, 0.717) is 12.2 Å². The first kappa shape index (κ1) is 23.7. The van der Waals surface area contributed by atoms with Gasteiger partial charge >= 0.3 is 5.97 Å². The van der Waals surface area contributed by atoms with E-state index in [9.17, 15) is 4.79 Å². The van der Waals surface area contributed by atoms with Crippen LogP contribution in [-0.2, 0) is 18.7 Å². The molecule has 0 aliphatic rings. The number of carbonyl (C=O) groups is 1. The third-order valence-electron chi connectivity index (χ3n) is 5.28. The van der Waals surface area contributed by atoms with E-state index in [2.05, 4.69) is 40.8 Å². The summed E-state index contributed by atoms with van der Waals surface area (Å²) in [7, 11) is 1.19. The minimum Gasteiger partial charge on any atom is -0.469 e. The van der Waals surface area contributed by atoms with Crippen LogP contribution < -0.4 is 4.74 Å². The Morgan fingerprint density at radius 2 is 1.67 bits per heavy atom. The largest absolute Gasteiger partial charge is 0.469 e. The van der Waals surface area contributed by atoms with Crippen molar-refractivity contribution in [3.8, 4) is 5.75 Å². The fourth-order valence-electron chi connectivity index (χ4n) is 2.63. The maximum Gasteiger partial charge on any atom is 0.313 e. The predicted molar refractivity (Wildman–Crippen MR) is 111 cm³/mol. The topological polar surface area (TPSA) is 54.0 Å². The minimum absolute atomic E-state index is 0.0994. The molecule has 1 aromatic rings. The van der Waals surface area contributed by atoms with E-state index in [1.54, 1.807) is 7.11 Å². The maximum absolute atomic E-state index is 12.3. The number of esters is 1. The highest BCUT2D eigenvalue weighted by atomic mass is 28.4. The SMILES string of the molecule is COCOc1ccc(C(CCC(C)O[Si](C)(C)C(C)(C)C)C(=O)OC)cc1. The number of methoxy groups -OCH3 is 2. The van der Waals surface area contributed by atoms with Gasteiger partial charge in [0, 0.05) is 13.2 Å². The zero-order chi connectivity index (χ0) is 20.7. The zero-order valence-electron chi connectivity index (χ0n) is 18.1. The quantitative estimate of drug-likeness (QED) is 0.312. The van der Waals surface area contributed by atoms with Crippen LogP contribution in [0.25, 0.3) is 0 Å². The average Bonchev–Trinajstić information content (AvgIpc) is 2.59. The second kappa shape index (κ2) is 10.2. The highest BCUT2D eigenvalue weighted by molar-refractivity contribution is 6.74. The first-order chi connectivity index (χ1) is 12.5. The second-order valence-corrected chi connectivity index (χ2v) is 13.2. The molecule has 0 fully saturated rings. The van der Waals surface area contributed by atoms with Crippen LogP contribution in [0.15, 0.2) is 24.3 Å². The summed E-state index contributed by atoms with van der Waals surface area (Å²) in [6, 6.07) is 7.51. The Hall–Kier alpha value is -1.37. The molecule has 0 heterocycles. The molecule has 0 saturated carbocycles. The Kier molecular flexibility index (Phi) is 8.98. The Morgan fingerprint density at radius 3 is 2.15 bits per heavy atom. The Morgan fingerprint density at radius 1 is 1.07 bits per heavy atom. The summed E-state index contributed by atoms with van der Waals surface area (Å²) in [6.07, 6.45) is 1.58. The van der Waals surface area contributed by atoms with Gasteiger partial charge in [-0.15, -0.1) is 0 Å². The third-order valence-corrected chi connectivity index (χ3v) is 9.88. The molecule has 0 radical (unpaired) electrons. The third kappa shape index (κ3) is 7.28. The van der Waals surface area contributed by atoms with E-state index in [4.69, 9.17) is 18.6 Å². The van der Waals surface area contributed by atoms with Gasteiger partial charge in [0.15, 0.2) is 15.1 Å². The normalized spacial score (nSPS) is 14.5. The molecule has 6 heteroatoms. The van der Waals surface area contributed by atoms with Gasteiger partial charge in [0.25, 0.3) is 0 Å². The predicted octanol–water partition coefficient (Wildman–Crippen LogP) is 5.12. The Balaban J connectivity index is 2.77. The molecular weight excluding hydrogens is 360 g/mol. The highest BCUT2D eigenvalue weighted by Gasteiger charge is 2.38. The first-order valence-corrected chi connectivity index (χ1v) is 12.4. The van der Waals surface area contributed by atoms with Crippen LogP contribution in [0.5, 0.6) is 5.75 Å². The van der Waals surface area contributed by atoms with Crippen molar-refractivity contribution >= 4 is 14.3 Å². The van der Waals surface area contributed by atoms with Crippen LogP contribution in [0.2, 0.25) is 18.1 Å². The molecule has 2 atom stereocenters. The molecule has 1 rings (SSSR count). The lowest BCUT2D eigenvalue weighted by molar-refractivity contribution is -0.142. The van der Waals surface area contributed by atoms with Gasteiger partial charge in [0.1, 0.15) is 5.75 Å². The average molecular weight is 397 g/mol. The van der Waals surface area contributed by atoms with Crippen molar-refractivity contribution in [2.75, 3.05) is 21.0 Å². The van der Waals surface area contributed by atoms with Crippen LogP contribution in [0.3, 0.4) is 0 Å². The molecular formula is C21H36O5Si. The summed E-state index contributed by atoms with van der Waals surface area (Å²) in [6.45, 7) is 13.5. The Labute approximate surface area is 165 Å². The smallest absolute Gasteiger partial charge is 0.313 e. The van der Waals surface area contributed by atoms with Crippen molar-refractivity contribution in [2.24, 2.45) is 0 Å². The molecule has 154 valence electrons.